The fourth-order valence-corrected chi connectivity index (χ4v) is 2.19. The van der Waals surface area contributed by atoms with E-state index in [2.05, 4.69) is 0 Å². The molecule has 0 amide bonds. The summed E-state index contributed by atoms with van der Waals surface area (Å²) in [4.78, 5) is 0. The first-order chi connectivity index (χ1) is 9.54. The van der Waals surface area contributed by atoms with E-state index in [-0.39, 0.29) is 5.84 Å². The number of amidine groups is 1. The molecular formula is C15H14Cl2N2O. The van der Waals surface area contributed by atoms with Gasteiger partial charge in [0.1, 0.15) is 12.4 Å². The van der Waals surface area contributed by atoms with Crippen LogP contribution in [0.5, 0.6) is 5.75 Å². The van der Waals surface area contributed by atoms with Gasteiger partial charge in [0.2, 0.25) is 0 Å². The van der Waals surface area contributed by atoms with Gasteiger partial charge in [-0.15, -0.1) is 0 Å². The summed E-state index contributed by atoms with van der Waals surface area (Å²) in [6.45, 7) is 0.377. The number of ether oxygens (including phenoxy) is 1. The van der Waals surface area contributed by atoms with Crippen LogP contribution in [0.2, 0.25) is 10.0 Å². The molecule has 2 aromatic rings. The Balaban J connectivity index is 1.98. The number of nitrogens with two attached hydrogens (primary N) is 1. The highest BCUT2D eigenvalue weighted by molar-refractivity contribution is 6.35. The van der Waals surface area contributed by atoms with Gasteiger partial charge in [-0.25, -0.2) is 0 Å². The highest BCUT2D eigenvalue weighted by Gasteiger charge is 2.03. The van der Waals surface area contributed by atoms with Crippen molar-refractivity contribution in [3.05, 3.63) is 63.6 Å². The minimum absolute atomic E-state index is 0.145. The second kappa shape index (κ2) is 6.64. The van der Waals surface area contributed by atoms with Crippen LogP contribution in [0, 0.1) is 5.41 Å². The van der Waals surface area contributed by atoms with Gasteiger partial charge in [-0.2, -0.15) is 0 Å². The van der Waals surface area contributed by atoms with Gasteiger partial charge in [0.15, 0.2) is 0 Å². The van der Waals surface area contributed by atoms with E-state index in [4.69, 9.17) is 39.1 Å². The quantitative estimate of drug-likeness (QED) is 0.646. The number of hydrogen-bond donors (Lipinski definition) is 2. The third-order valence-corrected chi connectivity index (χ3v) is 3.31. The first kappa shape index (κ1) is 14.7. The molecule has 5 heteroatoms. The van der Waals surface area contributed by atoms with Crippen LogP contribution in [0.25, 0.3) is 0 Å². The van der Waals surface area contributed by atoms with Crippen molar-refractivity contribution >= 4 is 29.0 Å². The SMILES string of the molecule is N=C(N)Cc1ccc(OCc2ccc(Cl)cc2Cl)cc1. The van der Waals surface area contributed by atoms with Gasteiger partial charge < -0.3 is 10.5 Å². The van der Waals surface area contributed by atoms with E-state index in [1.807, 2.05) is 30.3 Å². The van der Waals surface area contributed by atoms with Crippen molar-refractivity contribution in [1.29, 1.82) is 5.41 Å². The van der Waals surface area contributed by atoms with E-state index >= 15 is 0 Å². The lowest BCUT2D eigenvalue weighted by Crippen LogP contribution is -2.12. The Morgan fingerprint density at radius 1 is 1.10 bits per heavy atom. The van der Waals surface area contributed by atoms with Crippen LogP contribution < -0.4 is 10.5 Å². The molecule has 0 atom stereocenters. The summed E-state index contributed by atoms with van der Waals surface area (Å²) < 4.78 is 5.66. The number of nitrogens with one attached hydrogen (secondary N) is 1. The van der Waals surface area contributed by atoms with Crippen LogP contribution in [0.15, 0.2) is 42.5 Å². The number of rotatable bonds is 5. The van der Waals surface area contributed by atoms with Crippen LogP contribution in [0.3, 0.4) is 0 Å². The minimum Gasteiger partial charge on any atom is -0.489 e. The first-order valence-corrected chi connectivity index (χ1v) is 6.79. The molecule has 0 saturated heterocycles. The predicted octanol–water partition coefficient (Wildman–Crippen LogP) is 4.05. The maximum Gasteiger partial charge on any atom is 0.119 e. The largest absolute Gasteiger partial charge is 0.489 e. The summed E-state index contributed by atoms with van der Waals surface area (Å²) in [5.74, 6) is 0.884. The van der Waals surface area contributed by atoms with Gasteiger partial charge in [-0.3, -0.25) is 5.41 Å². The average Bonchev–Trinajstić information content (AvgIpc) is 2.39. The van der Waals surface area contributed by atoms with Crippen LogP contribution in [-0.2, 0) is 13.0 Å². The topological polar surface area (TPSA) is 59.1 Å². The Labute approximate surface area is 127 Å². The van der Waals surface area contributed by atoms with E-state index in [0.717, 1.165) is 16.9 Å². The Morgan fingerprint density at radius 2 is 1.80 bits per heavy atom. The fourth-order valence-electron chi connectivity index (χ4n) is 1.72. The average molecular weight is 309 g/mol. The van der Waals surface area contributed by atoms with Gasteiger partial charge in [0.25, 0.3) is 0 Å². The van der Waals surface area contributed by atoms with Crippen LogP contribution in [0.4, 0.5) is 0 Å². The number of hydrogen-bond acceptors (Lipinski definition) is 2. The number of benzene rings is 2. The van der Waals surface area contributed by atoms with E-state index in [1.54, 1.807) is 12.1 Å². The molecule has 2 rings (SSSR count). The molecular weight excluding hydrogens is 295 g/mol. The molecule has 104 valence electrons. The molecule has 0 spiro atoms. The Morgan fingerprint density at radius 3 is 2.40 bits per heavy atom. The van der Waals surface area contributed by atoms with Crippen molar-refractivity contribution in [2.24, 2.45) is 5.73 Å². The Hall–Kier alpha value is -1.71. The smallest absolute Gasteiger partial charge is 0.119 e. The molecule has 0 aliphatic rings. The highest BCUT2D eigenvalue weighted by Crippen LogP contribution is 2.22. The zero-order valence-electron chi connectivity index (χ0n) is 10.7. The van der Waals surface area contributed by atoms with Gasteiger partial charge in [-0.1, -0.05) is 41.4 Å². The molecule has 20 heavy (non-hydrogen) atoms. The molecule has 0 aromatic heterocycles. The second-order valence-corrected chi connectivity index (χ2v) is 5.21. The summed E-state index contributed by atoms with van der Waals surface area (Å²) in [7, 11) is 0. The summed E-state index contributed by atoms with van der Waals surface area (Å²) in [6, 6.07) is 12.8. The summed E-state index contributed by atoms with van der Waals surface area (Å²) >= 11 is 11.9. The number of halogens is 2. The normalized spacial score (nSPS) is 10.3. The van der Waals surface area contributed by atoms with Gasteiger partial charge in [-0.05, 0) is 29.8 Å². The molecule has 0 saturated carbocycles. The Bertz CT molecular complexity index is 612. The van der Waals surface area contributed by atoms with Crippen molar-refractivity contribution in [2.75, 3.05) is 0 Å². The third kappa shape index (κ3) is 4.15. The van der Waals surface area contributed by atoms with Crippen LogP contribution in [0.1, 0.15) is 11.1 Å². The lowest BCUT2D eigenvalue weighted by Gasteiger charge is -2.09. The second-order valence-electron chi connectivity index (χ2n) is 4.37. The molecule has 0 radical (unpaired) electrons. The molecule has 3 nitrogen and oxygen atoms in total. The first-order valence-electron chi connectivity index (χ1n) is 6.03. The maximum atomic E-state index is 7.24. The molecule has 0 heterocycles. The van der Waals surface area contributed by atoms with E-state index < -0.39 is 0 Å². The maximum absolute atomic E-state index is 7.24. The molecule has 3 N–H and O–H groups in total. The predicted molar refractivity (Wildman–Crippen MR) is 82.9 cm³/mol. The third-order valence-electron chi connectivity index (χ3n) is 2.73. The Kier molecular flexibility index (Phi) is 4.88. The highest BCUT2D eigenvalue weighted by atomic mass is 35.5. The van der Waals surface area contributed by atoms with Crippen molar-refractivity contribution < 1.29 is 4.74 Å². The lowest BCUT2D eigenvalue weighted by atomic mass is 10.1. The monoisotopic (exact) mass is 308 g/mol. The van der Waals surface area contributed by atoms with Crippen molar-refractivity contribution in [3.63, 3.8) is 0 Å². The summed E-state index contributed by atoms with van der Waals surface area (Å²) in [5.41, 5.74) is 7.21. The standard InChI is InChI=1S/C15H14Cl2N2O/c16-12-4-3-11(14(17)8-12)9-20-13-5-1-10(2-6-13)7-15(18)19/h1-6,8H,7,9H2,(H3,18,19). The molecule has 0 aliphatic heterocycles. The lowest BCUT2D eigenvalue weighted by molar-refractivity contribution is 0.306. The minimum atomic E-state index is 0.145. The van der Waals surface area contributed by atoms with Gasteiger partial charge in [0.05, 0.1) is 5.84 Å². The van der Waals surface area contributed by atoms with E-state index in [1.165, 1.54) is 0 Å². The zero-order valence-corrected chi connectivity index (χ0v) is 12.2. The molecule has 0 aliphatic carbocycles. The summed E-state index contributed by atoms with van der Waals surface area (Å²) in [6.07, 6.45) is 0.448. The van der Waals surface area contributed by atoms with Gasteiger partial charge in [0, 0.05) is 22.0 Å². The zero-order chi connectivity index (χ0) is 14.5. The van der Waals surface area contributed by atoms with Crippen molar-refractivity contribution in [1.82, 2.24) is 0 Å². The fraction of sp³-hybridized carbons (Fsp3) is 0.133. The van der Waals surface area contributed by atoms with E-state index in [9.17, 15) is 0 Å². The van der Waals surface area contributed by atoms with Crippen molar-refractivity contribution in [3.8, 4) is 5.75 Å². The molecule has 2 aromatic carbocycles. The van der Waals surface area contributed by atoms with Crippen LogP contribution >= 0.6 is 23.2 Å². The molecule has 0 bridgehead atoms. The van der Waals surface area contributed by atoms with E-state index in [0.29, 0.717) is 23.1 Å². The van der Waals surface area contributed by atoms with Crippen molar-refractivity contribution in [2.45, 2.75) is 13.0 Å². The van der Waals surface area contributed by atoms with Gasteiger partial charge >= 0.3 is 0 Å². The summed E-state index contributed by atoms with van der Waals surface area (Å²) in [5, 5.41) is 8.43. The molecule has 0 unspecified atom stereocenters. The molecule has 0 fully saturated rings. The van der Waals surface area contributed by atoms with Crippen LogP contribution in [-0.4, -0.2) is 5.84 Å².